The maximum atomic E-state index is 12.7. The molecule has 1 unspecified atom stereocenters. The number of fused-ring (bicyclic) bond motifs is 2. The molecule has 6 aromatic rings. The molecule has 0 aliphatic heterocycles. The Kier molecular flexibility index (Phi) is 7.24. The van der Waals surface area contributed by atoms with Gasteiger partial charge in [-0.1, -0.05) is 5.92 Å². The van der Waals surface area contributed by atoms with Gasteiger partial charge in [-0.15, -0.1) is 0 Å². The first-order chi connectivity index (χ1) is 20.8. The van der Waals surface area contributed by atoms with Crippen LogP contribution in [0.15, 0.2) is 78.0 Å². The van der Waals surface area contributed by atoms with E-state index in [2.05, 4.69) is 37.4 Å². The summed E-state index contributed by atoms with van der Waals surface area (Å²) in [5, 5.41) is 6.67. The van der Waals surface area contributed by atoms with Crippen molar-refractivity contribution < 1.29 is 4.79 Å². The van der Waals surface area contributed by atoms with Crippen LogP contribution < -0.4 is 16.2 Å². The maximum Gasteiger partial charge on any atom is 0.248 e. The van der Waals surface area contributed by atoms with E-state index in [1.807, 2.05) is 60.8 Å². The van der Waals surface area contributed by atoms with Gasteiger partial charge in [-0.3, -0.25) is 14.0 Å². The fraction of sp³-hybridized carbons (Fsp3) is 0.152. The van der Waals surface area contributed by atoms with Crippen molar-refractivity contribution in [2.24, 2.45) is 0 Å². The average Bonchev–Trinajstić information content (AvgIpc) is 3.38. The van der Waals surface area contributed by atoms with Crippen LogP contribution in [-0.4, -0.2) is 48.3 Å². The summed E-state index contributed by atoms with van der Waals surface area (Å²) in [6, 6.07) is 16.1. The molecule has 0 spiro atoms. The van der Waals surface area contributed by atoms with Crippen LogP contribution in [0.3, 0.4) is 0 Å². The van der Waals surface area contributed by atoms with Crippen LogP contribution in [0.1, 0.15) is 29.6 Å². The fourth-order valence-corrected chi connectivity index (χ4v) is 4.66. The molecule has 3 N–H and O–H groups in total. The lowest BCUT2D eigenvalue weighted by molar-refractivity contribution is -0.117. The number of aromatic nitrogens is 6. The zero-order valence-corrected chi connectivity index (χ0v) is 24.1. The molecule has 1 aromatic carbocycles. The highest BCUT2D eigenvalue weighted by Gasteiger charge is 2.21. The van der Waals surface area contributed by atoms with E-state index in [0.717, 1.165) is 44.5 Å². The minimum Gasteiger partial charge on any atom is -0.322 e. The summed E-state index contributed by atoms with van der Waals surface area (Å²) in [7, 11) is 1.72. The van der Waals surface area contributed by atoms with Gasteiger partial charge in [0, 0.05) is 46.9 Å². The summed E-state index contributed by atoms with van der Waals surface area (Å²) < 4.78 is 2.00. The van der Waals surface area contributed by atoms with E-state index in [-0.39, 0.29) is 11.5 Å². The molecule has 1 atom stereocenters. The molecular weight excluding hydrogens is 540 g/mol. The number of pyridine rings is 3. The first kappa shape index (κ1) is 27.5. The molecule has 0 radical (unpaired) electrons. The van der Waals surface area contributed by atoms with Crippen molar-refractivity contribution in [3.63, 3.8) is 0 Å². The Labute approximate surface area is 247 Å². The number of hydrogen-bond donors (Lipinski definition) is 3. The fourth-order valence-electron chi connectivity index (χ4n) is 4.66. The Morgan fingerprint density at radius 3 is 2.58 bits per heavy atom. The van der Waals surface area contributed by atoms with Gasteiger partial charge in [0.2, 0.25) is 11.5 Å². The number of aromatic amines is 1. The summed E-state index contributed by atoms with van der Waals surface area (Å²) in [5.74, 6) is 7.29. The number of amides is 1. The zero-order chi connectivity index (χ0) is 30.1. The van der Waals surface area contributed by atoms with Crippen LogP contribution >= 0.6 is 0 Å². The maximum absolute atomic E-state index is 12.7. The third kappa shape index (κ3) is 5.62. The van der Waals surface area contributed by atoms with E-state index in [9.17, 15) is 9.59 Å². The van der Waals surface area contributed by atoms with E-state index in [1.165, 1.54) is 6.07 Å². The number of nitrogens with one attached hydrogen (secondary N) is 3. The van der Waals surface area contributed by atoms with Gasteiger partial charge in [0.15, 0.2) is 0 Å². The molecule has 10 nitrogen and oxygen atoms in total. The second-order valence-corrected chi connectivity index (χ2v) is 10.2. The number of benzene rings is 1. The molecule has 10 heteroatoms. The molecule has 5 heterocycles. The number of nitrogens with zero attached hydrogens (tertiary/aromatic N) is 5. The Hall–Kier alpha value is -5.66. The zero-order valence-electron chi connectivity index (χ0n) is 24.1. The van der Waals surface area contributed by atoms with Crippen LogP contribution in [0.2, 0.25) is 0 Å². The molecule has 0 bridgehead atoms. The molecule has 0 aliphatic rings. The van der Waals surface area contributed by atoms with E-state index in [4.69, 9.17) is 9.97 Å². The number of H-pyrrole nitrogens is 1. The van der Waals surface area contributed by atoms with Crippen LogP contribution in [0.5, 0.6) is 0 Å². The van der Waals surface area contributed by atoms with E-state index in [1.54, 1.807) is 38.5 Å². The van der Waals surface area contributed by atoms with E-state index < -0.39 is 6.04 Å². The highest BCUT2D eigenvalue weighted by Crippen LogP contribution is 2.34. The third-order valence-electron chi connectivity index (χ3n) is 7.11. The quantitative estimate of drug-likeness (QED) is 0.265. The Balaban J connectivity index is 1.55. The second-order valence-electron chi connectivity index (χ2n) is 10.2. The van der Waals surface area contributed by atoms with Crippen LogP contribution in [0.25, 0.3) is 39.1 Å². The molecule has 6 rings (SSSR count). The number of rotatable bonds is 5. The molecule has 43 heavy (non-hydrogen) atoms. The largest absolute Gasteiger partial charge is 0.322 e. The van der Waals surface area contributed by atoms with Crippen molar-refractivity contribution in [3.05, 3.63) is 106 Å². The minimum absolute atomic E-state index is 0.162. The summed E-state index contributed by atoms with van der Waals surface area (Å²) in [5.41, 5.74) is 6.53. The minimum atomic E-state index is -0.407. The summed E-state index contributed by atoms with van der Waals surface area (Å²) in [4.78, 5) is 45.8. The van der Waals surface area contributed by atoms with Gasteiger partial charge < -0.3 is 15.6 Å². The number of imidazole rings is 1. The first-order valence-corrected chi connectivity index (χ1v) is 13.7. The molecule has 0 aliphatic carbocycles. The topological polar surface area (TPSA) is 130 Å². The SMILES string of the molecule is CNC(C)C(=O)Nc1ccc(-c2c(-c3cnc(C)nc3)nc3cc(C)ccn23)c(C#Cc2ccc3[nH]c(=O)ccc3c2)n1. The number of anilines is 1. The number of hydrogen-bond acceptors (Lipinski definition) is 7. The van der Waals surface area contributed by atoms with Gasteiger partial charge in [0.25, 0.3) is 0 Å². The predicted octanol–water partition coefficient (Wildman–Crippen LogP) is 4.26. The lowest BCUT2D eigenvalue weighted by Crippen LogP contribution is -2.35. The Bertz CT molecular complexity index is 2140. The van der Waals surface area contributed by atoms with Crippen molar-refractivity contribution in [1.82, 2.24) is 34.6 Å². The molecule has 5 aromatic heterocycles. The summed E-state index contributed by atoms with van der Waals surface area (Å²) in [6.45, 7) is 5.62. The molecule has 0 saturated carbocycles. The lowest BCUT2D eigenvalue weighted by Gasteiger charge is -2.13. The van der Waals surface area contributed by atoms with Gasteiger partial charge in [-0.05, 0) is 93.2 Å². The number of aryl methyl sites for hydroxylation is 2. The highest BCUT2D eigenvalue weighted by atomic mass is 16.2. The Morgan fingerprint density at radius 1 is 0.977 bits per heavy atom. The second kappa shape index (κ2) is 11.3. The molecule has 0 saturated heterocycles. The van der Waals surface area contributed by atoms with Crippen molar-refractivity contribution >= 4 is 28.3 Å². The van der Waals surface area contributed by atoms with E-state index in [0.29, 0.717) is 23.0 Å². The smallest absolute Gasteiger partial charge is 0.248 e. The number of carbonyl (C=O) groups is 1. The standard InChI is InChI=1S/C33H28N8O2/c1-19-13-14-41-29(15-19)40-31(24-17-35-21(3)36-18-24)32(41)25-8-11-28(39-33(43)20(2)34-4)37-27(25)10-6-22-5-9-26-23(16-22)7-12-30(42)38-26/h5,7-9,11-18,20,34H,1-4H3,(H,38,42)(H,37,39,43). The van der Waals surface area contributed by atoms with Gasteiger partial charge in [0.1, 0.15) is 28.7 Å². The van der Waals surface area contributed by atoms with Crippen LogP contribution in [-0.2, 0) is 4.79 Å². The summed E-state index contributed by atoms with van der Waals surface area (Å²) >= 11 is 0. The molecule has 1 amide bonds. The molecular formula is C33H28N8O2. The van der Waals surface area contributed by atoms with E-state index >= 15 is 0 Å². The third-order valence-corrected chi connectivity index (χ3v) is 7.11. The average molecular weight is 569 g/mol. The predicted molar refractivity (Wildman–Crippen MR) is 167 cm³/mol. The van der Waals surface area contributed by atoms with Gasteiger partial charge in [-0.25, -0.2) is 19.9 Å². The Morgan fingerprint density at radius 2 is 1.79 bits per heavy atom. The number of likely N-dealkylation sites (N-methyl/N-ethyl adjacent to an activating group) is 1. The lowest BCUT2D eigenvalue weighted by atomic mass is 10.0. The summed E-state index contributed by atoms with van der Waals surface area (Å²) in [6.07, 6.45) is 5.48. The van der Waals surface area contributed by atoms with Crippen molar-refractivity contribution in [2.75, 3.05) is 12.4 Å². The van der Waals surface area contributed by atoms with Gasteiger partial charge in [-0.2, -0.15) is 0 Å². The van der Waals surface area contributed by atoms with Crippen molar-refractivity contribution in [2.45, 2.75) is 26.8 Å². The normalized spacial score (nSPS) is 11.7. The van der Waals surface area contributed by atoms with Crippen molar-refractivity contribution in [1.29, 1.82) is 0 Å². The van der Waals surface area contributed by atoms with Crippen LogP contribution in [0, 0.1) is 25.7 Å². The number of carbonyl (C=O) groups excluding carboxylic acids is 1. The molecule has 0 fully saturated rings. The monoisotopic (exact) mass is 568 g/mol. The molecule has 212 valence electrons. The van der Waals surface area contributed by atoms with Gasteiger partial charge >= 0.3 is 0 Å². The highest BCUT2D eigenvalue weighted by molar-refractivity contribution is 5.94. The first-order valence-electron chi connectivity index (χ1n) is 13.7. The van der Waals surface area contributed by atoms with Crippen LogP contribution in [0.4, 0.5) is 5.82 Å². The van der Waals surface area contributed by atoms with Gasteiger partial charge in [0.05, 0.1) is 11.7 Å². The van der Waals surface area contributed by atoms with Crippen molar-refractivity contribution in [3.8, 4) is 34.4 Å².